The Bertz CT molecular complexity index is 1040. The van der Waals surface area contributed by atoms with Gasteiger partial charge in [0.15, 0.2) is 0 Å². The van der Waals surface area contributed by atoms with Crippen LogP contribution in [0.25, 0.3) is 0 Å². The van der Waals surface area contributed by atoms with Gasteiger partial charge in [-0.05, 0) is 57.2 Å². The second kappa shape index (κ2) is 9.76. The predicted octanol–water partition coefficient (Wildman–Crippen LogP) is -1.02. The van der Waals surface area contributed by atoms with Gasteiger partial charge in [-0.3, -0.25) is 9.88 Å². The third-order valence-electron chi connectivity index (χ3n) is 7.76. The summed E-state index contributed by atoms with van der Waals surface area (Å²) >= 11 is 0. The van der Waals surface area contributed by atoms with Crippen molar-refractivity contribution < 1.29 is 63.2 Å². The molecule has 0 unspecified atom stereocenters. The van der Waals surface area contributed by atoms with Gasteiger partial charge in [0.1, 0.15) is 23.4 Å². The molecule has 0 bridgehead atoms. The number of aromatic nitrogens is 1. The minimum atomic E-state index is -1.34. The second-order valence-corrected chi connectivity index (χ2v) is 10.3. The molecule has 6 atom stereocenters. The van der Waals surface area contributed by atoms with Crippen LogP contribution in [0.2, 0.25) is 0 Å². The SMILES string of the molecule is CO[C@@H]1[C@H](OC(=O)N2Cc3cnc(C(=O)[O-])cc3C2)CC[C@]2(CO2)[C@H]1[C@@]1(C)O[C@@H]1CC=C(C)C.[Na+]. The van der Waals surface area contributed by atoms with E-state index in [0.717, 1.165) is 24.0 Å². The second-order valence-electron chi connectivity index (χ2n) is 10.3. The Morgan fingerprint density at radius 1 is 1.31 bits per heavy atom. The third kappa shape index (κ3) is 4.91. The van der Waals surface area contributed by atoms with Crippen LogP contribution in [0.5, 0.6) is 0 Å². The maximum absolute atomic E-state index is 13.1. The number of amides is 1. The van der Waals surface area contributed by atoms with Crippen LogP contribution in [-0.2, 0) is 32.0 Å². The minimum Gasteiger partial charge on any atom is -0.543 e. The van der Waals surface area contributed by atoms with E-state index < -0.39 is 23.8 Å². The fraction of sp³-hybridized carbons (Fsp3) is 0.640. The van der Waals surface area contributed by atoms with Gasteiger partial charge in [-0.25, -0.2) is 4.79 Å². The molecule has 4 aliphatic rings. The molecule has 10 heteroatoms. The monoisotopic (exact) mass is 494 g/mol. The summed E-state index contributed by atoms with van der Waals surface area (Å²) in [5.74, 6) is -1.38. The number of hydrogen-bond donors (Lipinski definition) is 0. The van der Waals surface area contributed by atoms with Crippen LogP contribution in [0.15, 0.2) is 23.9 Å². The van der Waals surface area contributed by atoms with Crippen molar-refractivity contribution in [3.8, 4) is 0 Å². The van der Waals surface area contributed by atoms with Gasteiger partial charge < -0.3 is 28.8 Å². The molecule has 0 radical (unpaired) electrons. The Kier molecular flexibility index (Phi) is 7.41. The number of fused-ring (bicyclic) bond motifs is 1. The summed E-state index contributed by atoms with van der Waals surface area (Å²) in [5, 5.41) is 11.1. The number of aromatic carboxylic acids is 1. The van der Waals surface area contributed by atoms with Gasteiger partial charge in [0.25, 0.3) is 0 Å². The molecule has 1 spiro atoms. The average molecular weight is 495 g/mol. The Morgan fingerprint density at radius 2 is 2.03 bits per heavy atom. The molecule has 0 aromatic carbocycles. The van der Waals surface area contributed by atoms with Crippen LogP contribution in [0.3, 0.4) is 0 Å². The Morgan fingerprint density at radius 3 is 2.66 bits per heavy atom. The topological polar surface area (TPSA) is 117 Å². The minimum absolute atomic E-state index is 0. The molecule has 35 heavy (non-hydrogen) atoms. The molecule has 1 aromatic heterocycles. The molecule has 1 amide bonds. The van der Waals surface area contributed by atoms with E-state index in [1.54, 1.807) is 12.0 Å². The fourth-order valence-electron chi connectivity index (χ4n) is 5.80. The maximum Gasteiger partial charge on any atom is 1.00 e. The molecule has 184 valence electrons. The molecule has 1 aliphatic carbocycles. The van der Waals surface area contributed by atoms with Crippen molar-refractivity contribution in [3.05, 3.63) is 40.7 Å². The van der Waals surface area contributed by atoms with Crippen molar-refractivity contribution in [1.82, 2.24) is 9.88 Å². The number of carbonyl (C=O) groups is 2. The molecule has 4 heterocycles. The number of methoxy groups -OCH3 is 1. The number of epoxide rings is 2. The van der Waals surface area contributed by atoms with E-state index in [2.05, 4.69) is 31.8 Å². The smallest absolute Gasteiger partial charge is 0.543 e. The summed E-state index contributed by atoms with van der Waals surface area (Å²) < 4.78 is 24.1. The molecule has 3 aliphatic heterocycles. The van der Waals surface area contributed by atoms with E-state index in [-0.39, 0.29) is 65.5 Å². The summed E-state index contributed by atoms with van der Waals surface area (Å²) in [5.41, 5.74) is 1.97. The number of rotatable bonds is 6. The molecule has 1 aromatic rings. The molecule has 1 saturated carbocycles. The number of carboxylic acids is 1. The number of hydrogen-bond acceptors (Lipinski definition) is 8. The van der Waals surface area contributed by atoms with Crippen LogP contribution >= 0.6 is 0 Å². The standard InChI is InChI=1S/C25H32N2O7.Na/c1-14(2)5-6-19-24(3,34-19)21-20(31-4)18(7-8-25(21)13-32-25)33-23(30)27-11-15-9-17(22(28)29)26-10-16(15)12-27;/h5,9-10,18-21H,6-8,11-13H2,1-4H3,(H,28,29);/q;+1/p-1/t18-,19-,20-,21-,24+,25+;/m1./s1. The summed E-state index contributed by atoms with van der Waals surface area (Å²) in [4.78, 5) is 29.6. The van der Waals surface area contributed by atoms with Gasteiger partial charge in [0.2, 0.25) is 0 Å². The first kappa shape index (κ1) is 26.6. The first-order valence-electron chi connectivity index (χ1n) is 11.8. The maximum atomic E-state index is 13.1. The number of allylic oxidation sites excluding steroid dienone is 1. The number of ether oxygens (including phenoxy) is 4. The van der Waals surface area contributed by atoms with E-state index in [9.17, 15) is 14.7 Å². The van der Waals surface area contributed by atoms with Crippen molar-refractivity contribution in [2.75, 3.05) is 13.7 Å². The average Bonchev–Trinajstić information content (AvgIpc) is 3.66. The van der Waals surface area contributed by atoms with E-state index >= 15 is 0 Å². The summed E-state index contributed by atoms with van der Waals surface area (Å²) in [6, 6.07) is 1.46. The van der Waals surface area contributed by atoms with Crippen molar-refractivity contribution in [2.24, 2.45) is 5.92 Å². The van der Waals surface area contributed by atoms with Crippen molar-refractivity contribution in [3.63, 3.8) is 0 Å². The van der Waals surface area contributed by atoms with Crippen LogP contribution in [0.4, 0.5) is 4.79 Å². The molecular weight excluding hydrogens is 463 g/mol. The van der Waals surface area contributed by atoms with Gasteiger partial charge in [-0.2, -0.15) is 0 Å². The molecular formula is C25H31N2NaO7. The normalized spacial score (nSPS) is 34.6. The summed E-state index contributed by atoms with van der Waals surface area (Å²) in [6.45, 7) is 7.52. The third-order valence-corrected chi connectivity index (χ3v) is 7.76. The van der Waals surface area contributed by atoms with Gasteiger partial charge in [-0.15, -0.1) is 0 Å². The van der Waals surface area contributed by atoms with Gasteiger partial charge >= 0.3 is 35.7 Å². The number of nitrogens with zero attached hydrogens (tertiary/aromatic N) is 2. The van der Waals surface area contributed by atoms with E-state index in [0.29, 0.717) is 19.6 Å². The summed E-state index contributed by atoms with van der Waals surface area (Å²) in [6.07, 6.45) is 4.78. The number of pyridine rings is 1. The van der Waals surface area contributed by atoms with E-state index in [1.165, 1.54) is 17.8 Å². The Labute approximate surface area is 227 Å². The fourth-order valence-corrected chi connectivity index (χ4v) is 5.80. The molecule has 2 saturated heterocycles. The Hall–Kier alpha value is -1.49. The number of carbonyl (C=O) groups excluding carboxylic acids is 2. The first-order valence-corrected chi connectivity index (χ1v) is 11.8. The molecule has 5 rings (SSSR count). The summed E-state index contributed by atoms with van der Waals surface area (Å²) in [7, 11) is 1.65. The van der Waals surface area contributed by atoms with E-state index in [4.69, 9.17) is 18.9 Å². The van der Waals surface area contributed by atoms with Gasteiger partial charge in [0.05, 0.1) is 36.8 Å². The van der Waals surface area contributed by atoms with Crippen LogP contribution in [0, 0.1) is 5.92 Å². The quantitative estimate of drug-likeness (QED) is 0.280. The molecule has 3 fully saturated rings. The predicted molar refractivity (Wildman–Crippen MR) is 118 cm³/mol. The van der Waals surface area contributed by atoms with Crippen molar-refractivity contribution in [1.29, 1.82) is 0 Å². The van der Waals surface area contributed by atoms with Gasteiger partial charge in [0, 0.05) is 19.9 Å². The largest absolute Gasteiger partial charge is 1.00 e. The van der Waals surface area contributed by atoms with Crippen LogP contribution in [-0.4, -0.2) is 65.2 Å². The number of carboxylic acid groups (broad SMARTS) is 1. The van der Waals surface area contributed by atoms with Crippen molar-refractivity contribution >= 4 is 12.1 Å². The van der Waals surface area contributed by atoms with Gasteiger partial charge in [-0.1, -0.05) is 11.6 Å². The first-order chi connectivity index (χ1) is 16.2. The zero-order valence-corrected chi connectivity index (χ0v) is 23.0. The zero-order chi connectivity index (χ0) is 24.3. The Balaban J connectivity index is 0.00000289. The van der Waals surface area contributed by atoms with Crippen LogP contribution < -0.4 is 34.7 Å². The van der Waals surface area contributed by atoms with Crippen LogP contribution in [0.1, 0.15) is 61.6 Å². The van der Waals surface area contributed by atoms with Crippen molar-refractivity contribution in [2.45, 2.75) is 82.6 Å². The zero-order valence-electron chi connectivity index (χ0n) is 21.0. The van der Waals surface area contributed by atoms with E-state index in [1.807, 2.05) is 0 Å². The molecule has 9 nitrogen and oxygen atoms in total. The molecule has 0 N–H and O–H groups in total.